The smallest absolute Gasteiger partial charge is 0.337 e. The molecule has 0 amide bonds. The summed E-state index contributed by atoms with van der Waals surface area (Å²) < 4.78 is 47.2. The minimum atomic E-state index is -2.96. The third-order valence-electron chi connectivity index (χ3n) is 5.31. The first-order valence-electron chi connectivity index (χ1n) is 13.5. The lowest BCUT2D eigenvalue weighted by atomic mass is 10.5. The van der Waals surface area contributed by atoms with Crippen LogP contribution in [-0.4, -0.2) is 90.6 Å². The molecule has 0 N–H and O–H groups in total. The van der Waals surface area contributed by atoms with Gasteiger partial charge in [0.1, 0.15) is 0 Å². The molecule has 41 heavy (non-hydrogen) atoms. The molecule has 15 heteroatoms. The topological polar surface area (TPSA) is 125 Å². The molecule has 0 radical (unpaired) electrons. The van der Waals surface area contributed by atoms with Crippen LogP contribution in [0.25, 0.3) is 0 Å². The van der Waals surface area contributed by atoms with Gasteiger partial charge >= 0.3 is 43.1 Å². The molecule has 0 bridgehead atoms. The van der Waals surface area contributed by atoms with Gasteiger partial charge in [0.05, 0.1) is 19.8 Å². The number of hydrogen-bond donors (Lipinski definition) is 0. The highest BCUT2D eigenvalue weighted by Gasteiger charge is 2.56. The largest absolute Gasteiger partial charge is 0.466 e. The number of esters is 3. The Labute approximate surface area is 250 Å². The molecule has 0 aliphatic carbocycles. The molecular formula is C26H52O11Si4. The van der Waals surface area contributed by atoms with Crippen LogP contribution in [0.2, 0.25) is 45.8 Å². The Bertz CT molecular complexity index is 821. The highest BCUT2D eigenvalue weighted by Crippen LogP contribution is 2.29. The molecule has 0 heterocycles. The number of ether oxygens (including phenoxy) is 3. The second-order valence-electron chi connectivity index (χ2n) is 10.1. The summed E-state index contributed by atoms with van der Waals surface area (Å²) >= 11 is 0. The summed E-state index contributed by atoms with van der Waals surface area (Å²) in [6, 6.07) is 0. The zero-order chi connectivity index (χ0) is 32.2. The minimum Gasteiger partial charge on any atom is -0.466 e. The maximum absolute atomic E-state index is 11.3. The molecule has 1 atom stereocenters. The second-order valence-corrected chi connectivity index (χ2v) is 29.5. The standard InChI is InChI=1S/C24H48O11Si4.C2H4/c1-11-23(26)29-17-14-19-31-36(4,5)34-37(6,7)35-39(10,33-21-15-18-30-24(27)12-2)38(8,9)32-20-13-16-28-22(3)25;1-2/h11-12H,1-2,13-21H2,3-10H3;1-2H2. The van der Waals surface area contributed by atoms with Crippen molar-refractivity contribution in [1.29, 1.82) is 0 Å². The van der Waals surface area contributed by atoms with Gasteiger partial charge in [-0.15, -0.1) is 13.2 Å². The van der Waals surface area contributed by atoms with Gasteiger partial charge in [-0.25, -0.2) is 9.59 Å². The van der Waals surface area contributed by atoms with Gasteiger partial charge in [-0.3, -0.25) is 4.79 Å². The van der Waals surface area contributed by atoms with Gasteiger partial charge in [-0.2, -0.15) is 0 Å². The van der Waals surface area contributed by atoms with Crippen LogP contribution in [0.5, 0.6) is 0 Å². The molecule has 238 valence electrons. The molecule has 0 saturated carbocycles. The summed E-state index contributed by atoms with van der Waals surface area (Å²) in [5, 5.41) is 0. The Morgan fingerprint density at radius 1 is 0.585 bits per heavy atom. The third kappa shape index (κ3) is 19.9. The van der Waals surface area contributed by atoms with Gasteiger partial charge in [0.25, 0.3) is 0 Å². The maximum Gasteiger partial charge on any atom is 0.337 e. The van der Waals surface area contributed by atoms with Crippen molar-refractivity contribution in [1.82, 2.24) is 0 Å². The fourth-order valence-electron chi connectivity index (χ4n) is 3.34. The van der Waals surface area contributed by atoms with Crippen LogP contribution in [0.1, 0.15) is 26.2 Å². The zero-order valence-corrected chi connectivity index (χ0v) is 30.3. The van der Waals surface area contributed by atoms with E-state index in [4.69, 9.17) is 35.7 Å². The fourth-order valence-corrected chi connectivity index (χ4v) is 23.1. The van der Waals surface area contributed by atoms with E-state index in [0.29, 0.717) is 39.1 Å². The molecular weight excluding hydrogens is 601 g/mol. The normalized spacial score (nSPS) is 13.2. The third-order valence-corrected chi connectivity index (χ3v) is 25.9. The van der Waals surface area contributed by atoms with E-state index in [1.165, 1.54) is 6.92 Å². The molecule has 0 rings (SSSR count). The summed E-state index contributed by atoms with van der Waals surface area (Å²) in [5.41, 5.74) is 0. The molecule has 0 fully saturated rings. The summed E-state index contributed by atoms with van der Waals surface area (Å²) in [7, 11) is -10.9. The molecule has 0 spiro atoms. The molecule has 11 nitrogen and oxygen atoms in total. The Hall–Kier alpha value is -1.70. The first kappa shape index (κ1) is 41.4. The molecule has 0 aromatic carbocycles. The van der Waals surface area contributed by atoms with E-state index in [9.17, 15) is 14.4 Å². The molecule has 0 aliphatic heterocycles. The maximum atomic E-state index is 11.3. The summed E-state index contributed by atoms with van der Waals surface area (Å²) in [6.45, 7) is 29.9. The number of rotatable bonds is 22. The van der Waals surface area contributed by atoms with Gasteiger partial charge in [0.2, 0.25) is 7.83 Å². The predicted octanol–water partition coefficient (Wildman–Crippen LogP) is 4.82. The predicted molar refractivity (Wildman–Crippen MR) is 168 cm³/mol. The van der Waals surface area contributed by atoms with Crippen LogP contribution in [0, 0.1) is 0 Å². The van der Waals surface area contributed by atoms with Crippen molar-refractivity contribution >= 4 is 50.9 Å². The zero-order valence-electron chi connectivity index (χ0n) is 26.3. The van der Waals surface area contributed by atoms with Crippen molar-refractivity contribution < 1.29 is 50.1 Å². The van der Waals surface area contributed by atoms with Crippen molar-refractivity contribution in [3.8, 4) is 0 Å². The highest BCUT2D eigenvalue weighted by atomic mass is 29.3. The first-order chi connectivity index (χ1) is 19.0. The van der Waals surface area contributed by atoms with E-state index < -0.39 is 45.0 Å². The number of hydrogen-bond acceptors (Lipinski definition) is 11. The lowest BCUT2D eigenvalue weighted by Gasteiger charge is -2.44. The van der Waals surface area contributed by atoms with Gasteiger partial charge in [0, 0.05) is 58.2 Å². The van der Waals surface area contributed by atoms with E-state index in [-0.39, 0.29) is 25.8 Å². The summed E-state index contributed by atoms with van der Waals surface area (Å²) in [6.07, 6.45) is 3.83. The van der Waals surface area contributed by atoms with E-state index in [1.807, 2.05) is 32.7 Å². The molecule has 0 aromatic heterocycles. The van der Waals surface area contributed by atoms with Gasteiger partial charge in [-0.05, 0) is 45.8 Å². The average Bonchev–Trinajstić information content (AvgIpc) is 2.87. The number of carbonyl (C=O) groups is 3. The molecule has 0 aromatic rings. The van der Waals surface area contributed by atoms with Crippen molar-refractivity contribution in [3.05, 3.63) is 38.5 Å². The van der Waals surface area contributed by atoms with E-state index in [1.54, 1.807) is 0 Å². The van der Waals surface area contributed by atoms with Gasteiger partial charge < -0.3 is 35.7 Å². The molecule has 0 saturated heterocycles. The van der Waals surface area contributed by atoms with Crippen molar-refractivity contribution in [2.75, 3.05) is 39.6 Å². The lowest BCUT2D eigenvalue weighted by Crippen LogP contribution is -2.68. The average molecular weight is 653 g/mol. The van der Waals surface area contributed by atoms with Gasteiger partial charge in [-0.1, -0.05) is 13.2 Å². The van der Waals surface area contributed by atoms with Crippen molar-refractivity contribution in [3.63, 3.8) is 0 Å². The van der Waals surface area contributed by atoms with E-state index >= 15 is 0 Å². The molecule has 0 aliphatic rings. The first-order valence-corrected chi connectivity index (χ1v) is 25.4. The van der Waals surface area contributed by atoms with Crippen LogP contribution in [0.4, 0.5) is 0 Å². The molecule has 1 unspecified atom stereocenters. The summed E-state index contributed by atoms with van der Waals surface area (Å²) in [5.74, 6) is -1.27. The second kappa shape index (κ2) is 21.1. The van der Waals surface area contributed by atoms with Crippen LogP contribution in [-0.2, 0) is 50.1 Å². The fraction of sp³-hybridized carbons (Fsp3) is 0.654. The van der Waals surface area contributed by atoms with Crippen LogP contribution >= 0.6 is 0 Å². The lowest BCUT2D eigenvalue weighted by molar-refractivity contribution is -0.141. The Morgan fingerprint density at radius 3 is 1.44 bits per heavy atom. The number of carbonyl (C=O) groups excluding carboxylic acids is 3. The monoisotopic (exact) mass is 652 g/mol. The van der Waals surface area contributed by atoms with Crippen molar-refractivity contribution in [2.24, 2.45) is 0 Å². The van der Waals surface area contributed by atoms with Crippen LogP contribution in [0.15, 0.2) is 38.5 Å². The van der Waals surface area contributed by atoms with E-state index in [0.717, 1.165) is 12.2 Å². The Balaban J connectivity index is 0. The summed E-state index contributed by atoms with van der Waals surface area (Å²) in [4.78, 5) is 33.6. The Kier molecular flexibility index (Phi) is 21.3. The van der Waals surface area contributed by atoms with Crippen LogP contribution < -0.4 is 0 Å². The SMILES string of the molecule is C=C.C=CC(=O)OCCCO[Si](C)(C)O[Si](C)(C)O[Si](C)(OCCCOC(=O)C=C)[Si](C)(C)OCCCOC(C)=O. The minimum absolute atomic E-state index is 0.202. The van der Waals surface area contributed by atoms with E-state index in [2.05, 4.69) is 39.4 Å². The Morgan fingerprint density at radius 2 is 1.00 bits per heavy atom. The van der Waals surface area contributed by atoms with Crippen molar-refractivity contribution in [2.45, 2.75) is 72.0 Å². The van der Waals surface area contributed by atoms with Crippen LogP contribution in [0.3, 0.4) is 0 Å². The van der Waals surface area contributed by atoms with Gasteiger partial charge in [0.15, 0.2) is 0 Å². The highest BCUT2D eigenvalue weighted by molar-refractivity contribution is 7.34. The quantitative estimate of drug-likeness (QED) is 0.0399.